The van der Waals surface area contributed by atoms with Crippen LogP contribution in [0.15, 0.2) is 30.3 Å². The van der Waals surface area contributed by atoms with E-state index >= 15 is 0 Å². The van der Waals surface area contributed by atoms with Gasteiger partial charge in [0.05, 0.1) is 39.9 Å². The summed E-state index contributed by atoms with van der Waals surface area (Å²) in [7, 11) is 6.25. The summed E-state index contributed by atoms with van der Waals surface area (Å²) < 4.78 is 27.1. The molecule has 0 bridgehead atoms. The van der Waals surface area contributed by atoms with Crippen molar-refractivity contribution >= 4 is 5.78 Å². The molecule has 0 N–H and O–H groups in total. The van der Waals surface area contributed by atoms with Crippen molar-refractivity contribution in [2.45, 2.75) is 5.92 Å². The average Bonchev–Trinajstić information content (AvgIpc) is 2.66. The van der Waals surface area contributed by atoms with Gasteiger partial charge in [0.1, 0.15) is 35.4 Å². The van der Waals surface area contributed by atoms with E-state index in [2.05, 4.69) is 0 Å². The molecule has 0 aromatic heterocycles. The fourth-order valence-corrected chi connectivity index (χ4v) is 3.04. The van der Waals surface area contributed by atoms with Crippen molar-refractivity contribution in [3.63, 3.8) is 0 Å². The van der Waals surface area contributed by atoms with E-state index in [4.69, 9.17) is 23.7 Å². The van der Waals surface area contributed by atoms with Gasteiger partial charge in [-0.3, -0.25) is 4.79 Å². The third-order valence-electron chi connectivity index (χ3n) is 4.27. The summed E-state index contributed by atoms with van der Waals surface area (Å²) in [4.78, 5) is 12.7. The quantitative estimate of drug-likeness (QED) is 0.831. The van der Waals surface area contributed by atoms with Crippen LogP contribution >= 0.6 is 0 Å². The topological polar surface area (TPSA) is 63.2 Å². The average molecular weight is 344 g/mol. The molecule has 0 saturated carbocycles. The maximum absolute atomic E-state index is 12.7. The standard InChI is InChI=1S/C19H20O6/c1-21-11-5-6-13-15(7-11)25-10-14(20)18(13)19-16(23-3)8-12(22-2)9-17(19)24-4/h5-9,18H,10H2,1-4H3. The lowest BCUT2D eigenvalue weighted by molar-refractivity contribution is -0.122. The predicted molar refractivity (Wildman–Crippen MR) is 91.4 cm³/mol. The predicted octanol–water partition coefficient (Wildman–Crippen LogP) is 2.81. The van der Waals surface area contributed by atoms with Gasteiger partial charge in [-0.1, -0.05) is 6.07 Å². The molecule has 3 rings (SSSR count). The van der Waals surface area contributed by atoms with Crippen molar-refractivity contribution in [1.82, 2.24) is 0 Å². The van der Waals surface area contributed by atoms with Gasteiger partial charge in [-0.25, -0.2) is 0 Å². The zero-order valence-corrected chi connectivity index (χ0v) is 14.6. The Kier molecular flexibility index (Phi) is 4.70. The van der Waals surface area contributed by atoms with E-state index in [1.54, 1.807) is 52.7 Å². The van der Waals surface area contributed by atoms with Gasteiger partial charge in [-0.2, -0.15) is 0 Å². The number of carbonyl (C=O) groups is 1. The highest BCUT2D eigenvalue weighted by Crippen LogP contribution is 2.46. The molecule has 1 heterocycles. The maximum atomic E-state index is 12.7. The minimum atomic E-state index is -0.550. The number of hydrogen-bond acceptors (Lipinski definition) is 6. The minimum Gasteiger partial charge on any atom is -0.497 e. The molecule has 6 nitrogen and oxygen atoms in total. The second-order valence-electron chi connectivity index (χ2n) is 5.54. The minimum absolute atomic E-state index is 0.0246. The smallest absolute Gasteiger partial charge is 0.182 e. The molecule has 0 fully saturated rings. The van der Waals surface area contributed by atoms with Crippen molar-refractivity contribution < 1.29 is 28.5 Å². The van der Waals surface area contributed by atoms with Crippen LogP contribution in [0.4, 0.5) is 0 Å². The third kappa shape index (κ3) is 2.95. The van der Waals surface area contributed by atoms with Crippen molar-refractivity contribution in [3.05, 3.63) is 41.5 Å². The molecular formula is C19H20O6. The number of methoxy groups -OCH3 is 4. The van der Waals surface area contributed by atoms with E-state index < -0.39 is 5.92 Å². The molecular weight excluding hydrogens is 324 g/mol. The molecule has 0 amide bonds. The molecule has 1 unspecified atom stereocenters. The van der Waals surface area contributed by atoms with E-state index in [1.807, 2.05) is 6.07 Å². The second-order valence-corrected chi connectivity index (χ2v) is 5.54. The van der Waals surface area contributed by atoms with E-state index in [1.165, 1.54) is 0 Å². The third-order valence-corrected chi connectivity index (χ3v) is 4.27. The molecule has 0 saturated heterocycles. The molecule has 1 aliphatic heterocycles. The van der Waals surface area contributed by atoms with Crippen LogP contribution in [0.25, 0.3) is 0 Å². The van der Waals surface area contributed by atoms with Crippen molar-refractivity contribution in [1.29, 1.82) is 0 Å². The summed E-state index contributed by atoms with van der Waals surface area (Å²) in [6.45, 7) is -0.0246. The zero-order chi connectivity index (χ0) is 18.0. The Bertz CT molecular complexity index is 773. The Morgan fingerprint density at radius 3 is 2.08 bits per heavy atom. The number of carbonyl (C=O) groups excluding carboxylic acids is 1. The highest BCUT2D eigenvalue weighted by atomic mass is 16.5. The molecule has 6 heteroatoms. The lowest BCUT2D eigenvalue weighted by Crippen LogP contribution is -2.27. The van der Waals surface area contributed by atoms with Crippen LogP contribution in [0, 0.1) is 0 Å². The Hall–Kier alpha value is -2.89. The van der Waals surface area contributed by atoms with Gasteiger partial charge in [-0.05, 0) is 6.07 Å². The summed E-state index contributed by atoms with van der Waals surface area (Å²) in [5.41, 5.74) is 1.41. The van der Waals surface area contributed by atoms with E-state index in [-0.39, 0.29) is 12.4 Å². The molecule has 2 aromatic carbocycles. The summed E-state index contributed by atoms with van der Waals surface area (Å²) in [5.74, 6) is 2.30. The summed E-state index contributed by atoms with van der Waals surface area (Å²) in [6, 6.07) is 8.89. The zero-order valence-electron chi connectivity index (χ0n) is 14.6. The monoisotopic (exact) mass is 344 g/mol. The molecule has 0 aliphatic carbocycles. The SMILES string of the molecule is COc1ccc2c(c1)OCC(=O)C2c1c(OC)cc(OC)cc1OC. The first-order valence-corrected chi connectivity index (χ1v) is 7.76. The Morgan fingerprint density at radius 2 is 1.52 bits per heavy atom. The molecule has 1 atom stereocenters. The van der Waals surface area contributed by atoms with Gasteiger partial charge in [0.25, 0.3) is 0 Å². The normalized spacial score (nSPS) is 15.8. The summed E-state index contributed by atoms with van der Waals surface area (Å²) >= 11 is 0. The lowest BCUT2D eigenvalue weighted by atomic mass is 9.84. The molecule has 25 heavy (non-hydrogen) atoms. The fraction of sp³-hybridized carbons (Fsp3) is 0.316. The number of rotatable bonds is 5. The van der Waals surface area contributed by atoms with E-state index in [0.717, 1.165) is 5.56 Å². The highest BCUT2D eigenvalue weighted by molar-refractivity contribution is 5.94. The summed E-state index contributed by atoms with van der Waals surface area (Å²) in [6.07, 6.45) is 0. The van der Waals surface area contributed by atoms with Crippen LogP contribution in [0.2, 0.25) is 0 Å². The fourth-order valence-electron chi connectivity index (χ4n) is 3.04. The van der Waals surface area contributed by atoms with Gasteiger partial charge in [0.15, 0.2) is 5.78 Å². The van der Waals surface area contributed by atoms with E-state index in [0.29, 0.717) is 34.3 Å². The molecule has 0 spiro atoms. The van der Waals surface area contributed by atoms with Gasteiger partial charge in [0.2, 0.25) is 0 Å². The molecule has 0 radical (unpaired) electrons. The number of ether oxygens (including phenoxy) is 5. The first kappa shape index (κ1) is 17.0. The Balaban J connectivity index is 2.21. The van der Waals surface area contributed by atoms with Crippen molar-refractivity contribution in [2.24, 2.45) is 0 Å². The van der Waals surface area contributed by atoms with Gasteiger partial charge < -0.3 is 23.7 Å². The van der Waals surface area contributed by atoms with Gasteiger partial charge in [0, 0.05) is 23.8 Å². The largest absolute Gasteiger partial charge is 0.497 e. The van der Waals surface area contributed by atoms with Crippen LogP contribution in [-0.4, -0.2) is 40.8 Å². The van der Waals surface area contributed by atoms with E-state index in [9.17, 15) is 4.79 Å². The van der Waals surface area contributed by atoms with Gasteiger partial charge in [-0.15, -0.1) is 0 Å². The van der Waals surface area contributed by atoms with Crippen LogP contribution in [0.1, 0.15) is 17.0 Å². The number of benzene rings is 2. The van der Waals surface area contributed by atoms with Crippen LogP contribution < -0.4 is 23.7 Å². The summed E-state index contributed by atoms with van der Waals surface area (Å²) in [5, 5.41) is 0. The van der Waals surface area contributed by atoms with Crippen LogP contribution in [0.5, 0.6) is 28.7 Å². The maximum Gasteiger partial charge on any atom is 0.182 e. The number of fused-ring (bicyclic) bond motifs is 1. The molecule has 132 valence electrons. The first-order chi connectivity index (χ1) is 12.1. The van der Waals surface area contributed by atoms with Crippen LogP contribution in [0.3, 0.4) is 0 Å². The number of Topliss-reactive ketones (excluding diaryl/α,β-unsaturated/α-hetero) is 1. The van der Waals surface area contributed by atoms with Crippen molar-refractivity contribution in [3.8, 4) is 28.7 Å². The molecule has 2 aromatic rings. The Labute approximate surface area is 146 Å². The number of hydrogen-bond donors (Lipinski definition) is 0. The second kappa shape index (κ2) is 6.93. The Morgan fingerprint density at radius 1 is 0.880 bits per heavy atom. The van der Waals surface area contributed by atoms with Crippen molar-refractivity contribution in [2.75, 3.05) is 35.0 Å². The first-order valence-electron chi connectivity index (χ1n) is 7.76. The lowest BCUT2D eigenvalue weighted by Gasteiger charge is -2.28. The van der Waals surface area contributed by atoms with Gasteiger partial charge >= 0.3 is 0 Å². The number of ketones is 1. The molecule has 1 aliphatic rings. The highest BCUT2D eigenvalue weighted by Gasteiger charge is 2.35. The van der Waals surface area contributed by atoms with Crippen LogP contribution in [-0.2, 0) is 4.79 Å².